The Balaban J connectivity index is 1.82. The molecule has 0 aromatic heterocycles. The van der Waals surface area contributed by atoms with Crippen molar-refractivity contribution in [1.29, 1.82) is 0 Å². The number of halogens is 1. The number of methoxy groups -OCH3 is 1. The van der Waals surface area contributed by atoms with E-state index < -0.39 is 6.10 Å². The van der Waals surface area contributed by atoms with E-state index in [0.717, 1.165) is 16.9 Å². The van der Waals surface area contributed by atoms with E-state index in [2.05, 4.69) is 5.32 Å². The Morgan fingerprint density at radius 2 is 1.75 bits per heavy atom. The van der Waals surface area contributed by atoms with Crippen molar-refractivity contribution in [3.8, 4) is 5.75 Å². The average Bonchev–Trinajstić information content (AvgIpc) is 2.49. The highest BCUT2D eigenvalue weighted by atomic mass is 19.1. The van der Waals surface area contributed by atoms with E-state index in [9.17, 15) is 9.50 Å². The molecule has 0 spiro atoms. The molecule has 4 heteroatoms. The van der Waals surface area contributed by atoms with Gasteiger partial charge in [0.15, 0.2) is 0 Å². The van der Waals surface area contributed by atoms with Crippen molar-refractivity contribution in [2.75, 3.05) is 13.7 Å². The minimum absolute atomic E-state index is 0.244. The highest BCUT2D eigenvalue weighted by Gasteiger charge is 2.07. The van der Waals surface area contributed by atoms with Crippen molar-refractivity contribution in [2.45, 2.75) is 12.6 Å². The Labute approximate surface area is 118 Å². The zero-order chi connectivity index (χ0) is 14.4. The molecule has 0 aliphatic rings. The van der Waals surface area contributed by atoms with Crippen LogP contribution in [0.1, 0.15) is 17.2 Å². The summed E-state index contributed by atoms with van der Waals surface area (Å²) in [6.07, 6.45) is -0.582. The molecule has 3 nitrogen and oxygen atoms in total. The van der Waals surface area contributed by atoms with Crippen LogP contribution in [0.3, 0.4) is 0 Å². The summed E-state index contributed by atoms with van der Waals surface area (Å²) >= 11 is 0. The largest absolute Gasteiger partial charge is 0.497 e. The molecule has 2 N–H and O–H groups in total. The van der Waals surface area contributed by atoms with Crippen LogP contribution in [-0.4, -0.2) is 18.8 Å². The maximum absolute atomic E-state index is 12.7. The summed E-state index contributed by atoms with van der Waals surface area (Å²) in [4.78, 5) is 0. The molecule has 0 saturated carbocycles. The normalized spacial score (nSPS) is 12.2. The first-order valence-corrected chi connectivity index (χ1v) is 6.46. The van der Waals surface area contributed by atoms with Gasteiger partial charge in [0.25, 0.3) is 0 Å². The number of rotatable bonds is 6. The minimum atomic E-state index is -0.582. The fourth-order valence-corrected chi connectivity index (χ4v) is 1.90. The number of nitrogens with one attached hydrogen (secondary N) is 1. The highest BCUT2D eigenvalue weighted by molar-refractivity contribution is 5.28. The zero-order valence-corrected chi connectivity index (χ0v) is 11.3. The van der Waals surface area contributed by atoms with Gasteiger partial charge in [0.05, 0.1) is 13.2 Å². The van der Waals surface area contributed by atoms with E-state index in [1.807, 2.05) is 24.3 Å². The molecule has 0 amide bonds. The molecule has 0 heterocycles. The lowest BCUT2D eigenvalue weighted by Gasteiger charge is -2.13. The third-order valence-corrected chi connectivity index (χ3v) is 3.08. The van der Waals surface area contributed by atoms with Crippen LogP contribution in [-0.2, 0) is 6.54 Å². The molecule has 2 aromatic carbocycles. The number of hydrogen-bond acceptors (Lipinski definition) is 3. The lowest BCUT2D eigenvalue weighted by atomic mass is 10.1. The van der Waals surface area contributed by atoms with Crippen LogP contribution in [0.2, 0.25) is 0 Å². The summed E-state index contributed by atoms with van der Waals surface area (Å²) in [6, 6.07) is 13.6. The van der Waals surface area contributed by atoms with E-state index in [4.69, 9.17) is 4.74 Å². The second-order valence-corrected chi connectivity index (χ2v) is 4.55. The maximum Gasteiger partial charge on any atom is 0.123 e. The van der Waals surface area contributed by atoms with Crippen molar-refractivity contribution in [3.05, 3.63) is 65.5 Å². The van der Waals surface area contributed by atoms with Crippen molar-refractivity contribution in [3.63, 3.8) is 0 Å². The number of aliphatic hydroxyl groups excluding tert-OH is 1. The second-order valence-electron chi connectivity index (χ2n) is 4.55. The predicted octanol–water partition coefficient (Wildman–Crippen LogP) is 2.66. The van der Waals surface area contributed by atoms with E-state index >= 15 is 0 Å². The molecule has 0 saturated heterocycles. The monoisotopic (exact) mass is 275 g/mol. The Hall–Kier alpha value is -1.91. The lowest BCUT2D eigenvalue weighted by molar-refractivity contribution is 0.174. The van der Waals surface area contributed by atoms with Crippen LogP contribution in [0.15, 0.2) is 48.5 Å². The van der Waals surface area contributed by atoms with Gasteiger partial charge in [-0.25, -0.2) is 4.39 Å². The number of hydrogen-bond donors (Lipinski definition) is 2. The highest BCUT2D eigenvalue weighted by Crippen LogP contribution is 2.17. The quantitative estimate of drug-likeness (QED) is 0.851. The maximum atomic E-state index is 12.7. The molecule has 1 atom stereocenters. The van der Waals surface area contributed by atoms with Gasteiger partial charge in [-0.15, -0.1) is 0 Å². The molecule has 2 aromatic rings. The molecule has 0 bridgehead atoms. The van der Waals surface area contributed by atoms with Crippen LogP contribution >= 0.6 is 0 Å². The Bertz CT molecular complexity index is 525. The van der Waals surface area contributed by atoms with E-state index in [-0.39, 0.29) is 5.82 Å². The van der Waals surface area contributed by atoms with Gasteiger partial charge in [-0.2, -0.15) is 0 Å². The summed E-state index contributed by atoms with van der Waals surface area (Å²) in [5.41, 5.74) is 1.81. The van der Waals surface area contributed by atoms with Gasteiger partial charge in [0, 0.05) is 13.1 Å². The summed E-state index contributed by atoms with van der Waals surface area (Å²) in [5.74, 6) is 0.521. The SMILES string of the molecule is COc1ccc(C(O)CNCc2ccc(F)cc2)cc1. The van der Waals surface area contributed by atoms with Gasteiger partial charge in [-0.3, -0.25) is 0 Å². The summed E-state index contributed by atoms with van der Waals surface area (Å²) in [5, 5.41) is 13.2. The van der Waals surface area contributed by atoms with E-state index in [1.165, 1.54) is 12.1 Å². The van der Waals surface area contributed by atoms with Gasteiger partial charge < -0.3 is 15.2 Å². The Morgan fingerprint density at radius 1 is 1.10 bits per heavy atom. The number of aliphatic hydroxyl groups is 1. The van der Waals surface area contributed by atoms with Gasteiger partial charge in [-0.05, 0) is 35.4 Å². The standard InChI is InChI=1S/C16H18FNO2/c1-20-15-8-4-13(5-9-15)16(19)11-18-10-12-2-6-14(17)7-3-12/h2-9,16,18-19H,10-11H2,1H3. The first kappa shape index (κ1) is 14.5. The summed E-state index contributed by atoms with van der Waals surface area (Å²) in [7, 11) is 1.61. The van der Waals surface area contributed by atoms with Crippen molar-refractivity contribution in [1.82, 2.24) is 5.32 Å². The van der Waals surface area contributed by atoms with Crippen molar-refractivity contribution in [2.24, 2.45) is 0 Å². The molecule has 20 heavy (non-hydrogen) atoms. The first-order chi connectivity index (χ1) is 9.69. The third kappa shape index (κ3) is 4.05. The molecule has 0 aliphatic carbocycles. The molecule has 0 radical (unpaired) electrons. The number of ether oxygens (including phenoxy) is 1. The van der Waals surface area contributed by atoms with Gasteiger partial charge >= 0.3 is 0 Å². The van der Waals surface area contributed by atoms with Gasteiger partial charge in [-0.1, -0.05) is 24.3 Å². The zero-order valence-electron chi connectivity index (χ0n) is 11.3. The van der Waals surface area contributed by atoms with E-state index in [1.54, 1.807) is 19.2 Å². The first-order valence-electron chi connectivity index (χ1n) is 6.46. The smallest absolute Gasteiger partial charge is 0.123 e. The molecule has 2 rings (SSSR count). The second kappa shape index (κ2) is 7.03. The topological polar surface area (TPSA) is 41.5 Å². The average molecular weight is 275 g/mol. The van der Waals surface area contributed by atoms with Gasteiger partial charge in [0.2, 0.25) is 0 Å². The Morgan fingerprint density at radius 3 is 2.35 bits per heavy atom. The lowest BCUT2D eigenvalue weighted by Crippen LogP contribution is -2.21. The molecular formula is C16H18FNO2. The van der Waals surface area contributed by atoms with Crippen LogP contribution in [0.25, 0.3) is 0 Å². The molecule has 106 valence electrons. The van der Waals surface area contributed by atoms with Crippen LogP contribution in [0.5, 0.6) is 5.75 Å². The molecule has 1 unspecified atom stereocenters. The minimum Gasteiger partial charge on any atom is -0.497 e. The fourth-order valence-electron chi connectivity index (χ4n) is 1.90. The van der Waals surface area contributed by atoms with Crippen molar-refractivity contribution >= 4 is 0 Å². The number of benzene rings is 2. The summed E-state index contributed by atoms with van der Waals surface area (Å²) in [6.45, 7) is 1.02. The summed E-state index contributed by atoms with van der Waals surface area (Å²) < 4.78 is 17.8. The van der Waals surface area contributed by atoms with Gasteiger partial charge in [0.1, 0.15) is 11.6 Å². The van der Waals surface area contributed by atoms with Crippen LogP contribution < -0.4 is 10.1 Å². The van der Waals surface area contributed by atoms with E-state index in [0.29, 0.717) is 13.1 Å². The fraction of sp³-hybridized carbons (Fsp3) is 0.250. The molecule has 0 fully saturated rings. The molecule has 0 aliphatic heterocycles. The third-order valence-electron chi connectivity index (χ3n) is 3.08. The predicted molar refractivity (Wildman–Crippen MR) is 76.1 cm³/mol. The van der Waals surface area contributed by atoms with Crippen LogP contribution in [0.4, 0.5) is 4.39 Å². The molecular weight excluding hydrogens is 257 g/mol. The Kier molecular flexibility index (Phi) is 5.09. The van der Waals surface area contributed by atoms with Crippen molar-refractivity contribution < 1.29 is 14.2 Å². The van der Waals surface area contributed by atoms with Crippen LogP contribution in [0, 0.1) is 5.82 Å².